The van der Waals surface area contributed by atoms with Crippen molar-refractivity contribution in [3.05, 3.63) is 90.2 Å². The van der Waals surface area contributed by atoms with Gasteiger partial charge in [0.1, 0.15) is 5.82 Å². The first-order chi connectivity index (χ1) is 12.5. The maximum atomic E-state index is 14.1. The summed E-state index contributed by atoms with van der Waals surface area (Å²) in [5.74, 6) is -1.33. The maximum absolute atomic E-state index is 14.1. The third-order valence-electron chi connectivity index (χ3n) is 3.85. The van der Waals surface area contributed by atoms with Crippen LogP contribution in [-0.4, -0.2) is 20.7 Å². The number of benzene rings is 3. The van der Waals surface area contributed by atoms with Crippen molar-refractivity contribution >= 4 is 15.8 Å². The van der Waals surface area contributed by atoms with Gasteiger partial charge in [-0.05, 0) is 35.4 Å². The molecule has 0 aliphatic heterocycles. The molecule has 0 spiro atoms. The Kier molecular flexibility index (Phi) is 5.25. The van der Waals surface area contributed by atoms with Gasteiger partial charge < -0.3 is 0 Å². The molecular formula is C20H16FNO3S. The van der Waals surface area contributed by atoms with Crippen LogP contribution >= 0.6 is 0 Å². The number of carbonyl (C=O) groups is 1. The molecule has 0 saturated heterocycles. The molecule has 0 fully saturated rings. The van der Waals surface area contributed by atoms with Crippen LogP contribution in [0, 0.1) is 5.82 Å². The SMILES string of the molecule is O=C(CNS(=O)(=O)c1ccccc1)c1cc(-c2ccccc2)ccc1F. The number of hydrogen-bond acceptors (Lipinski definition) is 3. The summed E-state index contributed by atoms with van der Waals surface area (Å²) in [7, 11) is -3.83. The first kappa shape index (κ1) is 18.0. The molecule has 0 atom stereocenters. The molecule has 0 aliphatic carbocycles. The third kappa shape index (κ3) is 4.04. The van der Waals surface area contributed by atoms with Crippen molar-refractivity contribution in [1.82, 2.24) is 4.72 Å². The molecule has 0 unspecified atom stereocenters. The minimum atomic E-state index is -3.83. The van der Waals surface area contributed by atoms with E-state index in [4.69, 9.17) is 0 Å². The Hall–Kier alpha value is -2.83. The lowest BCUT2D eigenvalue weighted by Gasteiger charge is -2.09. The van der Waals surface area contributed by atoms with E-state index in [0.717, 1.165) is 5.56 Å². The molecular weight excluding hydrogens is 353 g/mol. The second-order valence-electron chi connectivity index (χ2n) is 5.62. The highest BCUT2D eigenvalue weighted by molar-refractivity contribution is 7.89. The Bertz CT molecular complexity index is 1020. The number of sulfonamides is 1. The first-order valence-corrected chi connectivity index (χ1v) is 9.38. The van der Waals surface area contributed by atoms with E-state index in [1.54, 1.807) is 24.3 Å². The molecule has 3 aromatic carbocycles. The van der Waals surface area contributed by atoms with E-state index in [9.17, 15) is 17.6 Å². The highest BCUT2D eigenvalue weighted by Crippen LogP contribution is 2.22. The molecule has 0 aromatic heterocycles. The Morgan fingerprint density at radius 3 is 2.12 bits per heavy atom. The molecule has 26 heavy (non-hydrogen) atoms. The predicted octanol–water partition coefficient (Wildman–Crippen LogP) is 3.65. The second-order valence-corrected chi connectivity index (χ2v) is 7.39. The van der Waals surface area contributed by atoms with Gasteiger partial charge in [-0.1, -0.05) is 54.6 Å². The fourth-order valence-electron chi connectivity index (χ4n) is 2.49. The Balaban J connectivity index is 1.80. The lowest BCUT2D eigenvalue weighted by atomic mass is 10.0. The van der Waals surface area contributed by atoms with Crippen molar-refractivity contribution < 1.29 is 17.6 Å². The van der Waals surface area contributed by atoms with E-state index in [-0.39, 0.29) is 10.5 Å². The molecule has 4 nitrogen and oxygen atoms in total. The predicted molar refractivity (Wildman–Crippen MR) is 97.8 cm³/mol. The average Bonchev–Trinajstić information content (AvgIpc) is 2.68. The van der Waals surface area contributed by atoms with Crippen molar-refractivity contribution in [3.63, 3.8) is 0 Å². The van der Waals surface area contributed by atoms with Crippen molar-refractivity contribution in [2.24, 2.45) is 0 Å². The molecule has 0 aliphatic rings. The Morgan fingerprint density at radius 2 is 1.46 bits per heavy atom. The number of carbonyl (C=O) groups excluding carboxylic acids is 1. The highest BCUT2D eigenvalue weighted by atomic mass is 32.2. The van der Waals surface area contributed by atoms with Gasteiger partial charge in [-0.15, -0.1) is 0 Å². The average molecular weight is 369 g/mol. The lowest BCUT2D eigenvalue weighted by Crippen LogP contribution is -2.30. The number of hydrogen-bond donors (Lipinski definition) is 1. The molecule has 0 amide bonds. The van der Waals surface area contributed by atoms with Gasteiger partial charge in [0, 0.05) is 0 Å². The third-order valence-corrected chi connectivity index (χ3v) is 5.27. The molecule has 0 saturated carbocycles. The Morgan fingerprint density at radius 1 is 0.846 bits per heavy atom. The van der Waals surface area contributed by atoms with Crippen molar-refractivity contribution in [2.75, 3.05) is 6.54 Å². The van der Waals surface area contributed by atoms with Gasteiger partial charge in [0.25, 0.3) is 0 Å². The second kappa shape index (κ2) is 7.59. The van der Waals surface area contributed by atoms with Gasteiger partial charge >= 0.3 is 0 Å². The number of rotatable bonds is 6. The number of Topliss-reactive ketones (excluding diaryl/α,β-unsaturated/α-hetero) is 1. The van der Waals surface area contributed by atoms with Crippen LogP contribution in [-0.2, 0) is 10.0 Å². The molecule has 3 rings (SSSR count). The maximum Gasteiger partial charge on any atom is 0.240 e. The Labute approximate surface area is 151 Å². The summed E-state index contributed by atoms with van der Waals surface area (Å²) in [6, 6.07) is 21.2. The molecule has 0 bridgehead atoms. The summed E-state index contributed by atoms with van der Waals surface area (Å²) < 4.78 is 40.7. The normalized spacial score (nSPS) is 11.3. The largest absolute Gasteiger partial charge is 0.293 e. The van der Waals surface area contributed by atoms with E-state index in [2.05, 4.69) is 4.72 Å². The topological polar surface area (TPSA) is 63.2 Å². The summed E-state index contributed by atoms with van der Waals surface area (Å²) in [5.41, 5.74) is 1.37. The number of halogens is 1. The molecule has 0 radical (unpaired) electrons. The number of nitrogens with one attached hydrogen (secondary N) is 1. The fraction of sp³-hybridized carbons (Fsp3) is 0.0500. The minimum Gasteiger partial charge on any atom is -0.293 e. The first-order valence-electron chi connectivity index (χ1n) is 7.90. The van der Waals surface area contributed by atoms with Crippen LogP contribution in [0.3, 0.4) is 0 Å². The van der Waals surface area contributed by atoms with Gasteiger partial charge in [0.2, 0.25) is 10.0 Å². The van der Waals surface area contributed by atoms with Gasteiger partial charge in [-0.25, -0.2) is 17.5 Å². The van der Waals surface area contributed by atoms with Gasteiger partial charge in [0.05, 0.1) is 17.0 Å². The monoisotopic (exact) mass is 369 g/mol. The summed E-state index contributed by atoms with van der Waals surface area (Å²) in [4.78, 5) is 12.4. The molecule has 0 heterocycles. The summed E-state index contributed by atoms with van der Waals surface area (Å²) in [6.45, 7) is -0.521. The van der Waals surface area contributed by atoms with Gasteiger partial charge in [0.15, 0.2) is 5.78 Å². The van der Waals surface area contributed by atoms with Crippen LogP contribution in [0.2, 0.25) is 0 Å². The van der Waals surface area contributed by atoms with Crippen LogP contribution < -0.4 is 4.72 Å². The summed E-state index contributed by atoms with van der Waals surface area (Å²) >= 11 is 0. The smallest absolute Gasteiger partial charge is 0.240 e. The molecule has 3 aromatic rings. The van der Waals surface area contributed by atoms with E-state index >= 15 is 0 Å². The molecule has 1 N–H and O–H groups in total. The van der Waals surface area contributed by atoms with Crippen LogP contribution in [0.25, 0.3) is 11.1 Å². The van der Waals surface area contributed by atoms with E-state index < -0.39 is 28.2 Å². The van der Waals surface area contributed by atoms with Crippen molar-refractivity contribution in [2.45, 2.75) is 4.90 Å². The zero-order valence-electron chi connectivity index (χ0n) is 13.7. The van der Waals surface area contributed by atoms with E-state index in [1.165, 1.54) is 24.3 Å². The zero-order chi connectivity index (χ0) is 18.6. The van der Waals surface area contributed by atoms with E-state index in [0.29, 0.717) is 5.56 Å². The zero-order valence-corrected chi connectivity index (χ0v) is 14.5. The quantitative estimate of drug-likeness (QED) is 0.675. The van der Waals surface area contributed by atoms with E-state index in [1.807, 2.05) is 30.3 Å². The summed E-state index contributed by atoms with van der Waals surface area (Å²) in [6.07, 6.45) is 0. The van der Waals surface area contributed by atoms with Crippen LogP contribution in [0.5, 0.6) is 0 Å². The van der Waals surface area contributed by atoms with Crippen molar-refractivity contribution in [3.8, 4) is 11.1 Å². The lowest BCUT2D eigenvalue weighted by molar-refractivity contribution is 0.0993. The fourth-order valence-corrected chi connectivity index (χ4v) is 3.49. The molecule has 132 valence electrons. The van der Waals surface area contributed by atoms with Crippen LogP contribution in [0.1, 0.15) is 10.4 Å². The van der Waals surface area contributed by atoms with Gasteiger partial charge in [-0.3, -0.25) is 4.79 Å². The highest BCUT2D eigenvalue weighted by Gasteiger charge is 2.18. The van der Waals surface area contributed by atoms with Crippen LogP contribution in [0.4, 0.5) is 4.39 Å². The minimum absolute atomic E-state index is 0.0475. The summed E-state index contributed by atoms with van der Waals surface area (Å²) in [5, 5.41) is 0. The molecule has 6 heteroatoms. The standard InChI is InChI=1S/C20H16FNO3S/c21-19-12-11-16(15-7-3-1-4-8-15)13-18(19)20(23)14-22-26(24,25)17-9-5-2-6-10-17/h1-13,22H,14H2. The van der Waals surface area contributed by atoms with Crippen molar-refractivity contribution in [1.29, 1.82) is 0 Å². The van der Waals surface area contributed by atoms with Gasteiger partial charge in [-0.2, -0.15) is 0 Å². The number of ketones is 1. The van der Waals surface area contributed by atoms with Crippen LogP contribution in [0.15, 0.2) is 83.8 Å².